The van der Waals surface area contributed by atoms with Gasteiger partial charge in [0.25, 0.3) is 0 Å². The maximum absolute atomic E-state index is 4.15. The van der Waals surface area contributed by atoms with Crippen molar-refractivity contribution >= 4 is 15.9 Å². The monoisotopic (exact) mass is 308 g/mol. The van der Waals surface area contributed by atoms with Crippen LogP contribution in [-0.2, 0) is 6.54 Å². The molecule has 2 aromatic rings. The lowest BCUT2D eigenvalue weighted by atomic mass is 10.2. The third-order valence-corrected chi connectivity index (χ3v) is 3.51. The van der Waals surface area contributed by atoms with E-state index in [1.165, 1.54) is 5.56 Å². The molecular formula is C13H17BrN4. The van der Waals surface area contributed by atoms with Gasteiger partial charge in [0.1, 0.15) is 0 Å². The Morgan fingerprint density at radius 1 is 1.39 bits per heavy atom. The van der Waals surface area contributed by atoms with Crippen LogP contribution in [0.2, 0.25) is 0 Å². The first-order chi connectivity index (χ1) is 8.56. The fourth-order valence-corrected chi connectivity index (χ4v) is 1.91. The highest BCUT2D eigenvalue weighted by Gasteiger charge is 2.04. The van der Waals surface area contributed by atoms with Crippen molar-refractivity contribution in [2.45, 2.75) is 33.4 Å². The lowest BCUT2D eigenvalue weighted by Gasteiger charge is -2.04. The number of hydrogen-bond donors (Lipinski definition) is 1. The highest BCUT2D eigenvalue weighted by molar-refractivity contribution is 9.10. The molecule has 96 valence electrons. The van der Waals surface area contributed by atoms with E-state index >= 15 is 0 Å². The highest BCUT2D eigenvalue weighted by atomic mass is 79.9. The molecular weight excluding hydrogens is 292 g/mol. The summed E-state index contributed by atoms with van der Waals surface area (Å²) in [6.45, 7) is 7.03. The Balaban J connectivity index is 2.16. The zero-order chi connectivity index (χ0) is 13.1. The standard InChI is InChI=1S/C13H17BrN4/c1-9(2)15-7-11-8-18(17-16-11)12-5-4-10(3)13(14)6-12/h4-6,8-9,15H,7H2,1-3H3. The van der Waals surface area contributed by atoms with Crippen molar-refractivity contribution in [3.63, 3.8) is 0 Å². The summed E-state index contributed by atoms with van der Waals surface area (Å²) in [6.07, 6.45) is 1.95. The Bertz CT molecular complexity index is 534. The summed E-state index contributed by atoms with van der Waals surface area (Å²) < 4.78 is 2.87. The van der Waals surface area contributed by atoms with Gasteiger partial charge in [0.05, 0.1) is 17.6 Å². The lowest BCUT2D eigenvalue weighted by molar-refractivity contribution is 0.580. The molecule has 2 rings (SSSR count). The van der Waals surface area contributed by atoms with Crippen LogP contribution in [0.4, 0.5) is 0 Å². The molecule has 4 nitrogen and oxygen atoms in total. The van der Waals surface area contributed by atoms with E-state index in [2.05, 4.69) is 58.4 Å². The van der Waals surface area contributed by atoms with Gasteiger partial charge in [0.15, 0.2) is 0 Å². The molecule has 5 heteroatoms. The molecule has 0 atom stereocenters. The number of aryl methyl sites for hydroxylation is 1. The maximum Gasteiger partial charge on any atom is 0.0969 e. The lowest BCUT2D eigenvalue weighted by Crippen LogP contribution is -2.21. The molecule has 0 aliphatic rings. The molecule has 0 unspecified atom stereocenters. The van der Waals surface area contributed by atoms with Gasteiger partial charge in [-0.3, -0.25) is 0 Å². The summed E-state index contributed by atoms with van der Waals surface area (Å²) >= 11 is 3.53. The minimum atomic E-state index is 0.448. The number of nitrogens with one attached hydrogen (secondary N) is 1. The smallest absolute Gasteiger partial charge is 0.0969 e. The summed E-state index contributed by atoms with van der Waals surface area (Å²) in [7, 11) is 0. The molecule has 1 aromatic carbocycles. The van der Waals surface area contributed by atoms with Gasteiger partial charge in [-0.1, -0.05) is 41.1 Å². The van der Waals surface area contributed by atoms with Gasteiger partial charge in [0, 0.05) is 17.1 Å². The molecule has 1 aromatic heterocycles. The van der Waals surface area contributed by atoms with E-state index in [-0.39, 0.29) is 0 Å². The van der Waals surface area contributed by atoms with Crippen molar-refractivity contribution in [3.05, 3.63) is 40.1 Å². The quantitative estimate of drug-likeness (QED) is 0.944. The number of benzene rings is 1. The third kappa shape index (κ3) is 3.17. The third-order valence-electron chi connectivity index (χ3n) is 2.65. The number of aromatic nitrogens is 3. The van der Waals surface area contributed by atoms with Crippen LogP contribution < -0.4 is 5.32 Å². The second kappa shape index (κ2) is 5.63. The zero-order valence-electron chi connectivity index (χ0n) is 10.8. The van der Waals surface area contributed by atoms with Gasteiger partial charge in [-0.05, 0) is 24.6 Å². The van der Waals surface area contributed by atoms with Crippen LogP contribution in [0.1, 0.15) is 25.1 Å². The van der Waals surface area contributed by atoms with Gasteiger partial charge >= 0.3 is 0 Å². The Morgan fingerprint density at radius 2 is 2.17 bits per heavy atom. The minimum Gasteiger partial charge on any atom is -0.309 e. The molecule has 0 aliphatic carbocycles. The molecule has 0 saturated heterocycles. The molecule has 18 heavy (non-hydrogen) atoms. The first kappa shape index (κ1) is 13.2. The van der Waals surface area contributed by atoms with Crippen molar-refractivity contribution < 1.29 is 0 Å². The molecule has 0 bridgehead atoms. The predicted octanol–water partition coefficient (Wildman–Crippen LogP) is 2.84. The number of rotatable bonds is 4. The number of nitrogens with zero attached hydrogens (tertiary/aromatic N) is 3. The Labute approximate surface area is 116 Å². The molecule has 0 fully saturated rings. The van der Waals surface area contributed by atoms with Crippen molar-refractivity contribution in [2.75, 3.05) is 0 Å². The molecule has 0 spiro atoms. The Morgan fingerprint density at radius 3 is 2.83 bits per heavy atom. The molecule has 0 saturated carbocycles. The second-order valence-corrected chi connectivity index (χ2v) is 5.48. The first-order valence-corrected chi connectivity index (χ1v) is 6.76. The van der Waals surface area contributed by atoms with E-state index in [0.29, 0.717) is 6.04 Å². The van der Waals surface area contributed by atoms with E-state index in [9.17, 15) is 0 Å². The average molecular weight is 309 g/mol. The SMILES string of the molecule is Cc1ccc(-n2cc(CNC(C)C)nn2)cc1Br. The van der Waals surface area contributed by atoms with Crippen LogP contribution in [0, 0.1) is 6.92 Å². The molecule has 0 amide bonds. The van der Waals surface area contributed by atoms with E-state index < -0.39 is 0 Å². The number of hydrogen-bond acceptors (Lipinski definition) is 3. The fraction of sp³-hybridized carbons (Fsp3) is 0.385. The Hall–Kier alpha value is -1.20. The van der Waals surface area contributed by atoms with Crippen LogP contribution >= 0.6 is 15.9 Å². The van der Waals surface area contributed by atoms with Crippen LogP contribution in [0.15, 0.2) is 28.9 Å². The van der Waals surface area contributed by atoms with Gasteiger partial charge in [-0.15, -0.1) is 5.10 Å². The summed E-state index contributed by atoms with van der Waals surface area (Å²) in [4.78, 5) is 0. The summed E-state index contributed by atoms with van der Waals surface area (Å²) in [5.74, 6) is 0. The van der Waals surface area contributed by atoms with Crippen LogP contribution in [-0.4, -0.2) is 21.0 Å². The average Bonchev–Trinajstić information content (AvgIpc) is 2.79. The van der Waals surface area contributed by atoms with Crippen LogP contribution in [0.3, 0.4) is 0 Å². The first-order valence-electron chi connectivity index (χ1n) is 5.97. The molecule has 0 radical (unpaired) electrons. The van der Waals surface area contributed by atoms with E-state index in [1.54, 1.807) is 4.68 Å². The Kier molecular flexibility index (Phi) is 4.14. The van der Waals surface area contributed by atoms with Gasteiger partial charge in [-0.2, -0.15) is 0 Å². The summed E-state index contributed by atoms with van der Waals surface area (Å²) in [5.41, 5.74) is 3.16. The van der Waals surface area contributed by atoms with E-state index in [4.69, 9.17) is 0 Å². The molecule has 1 N–H and O–H groups in total. The van der Waals surface area contributed by atoms with Crippen molar-refractivity contribution in [1.82, 2.24) is 20.3 Å². The minimum absolute atomic E-state index is 0.448. The highest BCUT2D eigenvalue weighted by Crippen LogP contribution is 2.19. The van der Waals surface area contributed by atoms with Crippen LogP contribution in [0.5, 0.6) is 0 Å². The van der Waals surface area contributed by atoms with Crippen molar-refractivity contribution in [3.8, 4) is 5.69 Å². The maximum atomic E-state index is 4.15. The zero-order valence-corrected chi connectivity index (χ0v) is 12.4. The normalized spacial score (nSPS) is 11.2. The fourth-order valence-electron chi connectivity index (χ4n) is 1.54. The largest absolute Gasteiger partial charge is 0.309 e. The van der Waals surface area contributed by atoms with Crippen molar-refractivity contribution in [1.29, 1.82) is 0 Å². The molecule has 1 heterocycles. The van der Waals surface area contributed by atoms with E-state index in [0.717, 1.165) is 22.4 Å². The summed E-state index contributed by atoms with van der Waals surface area (Å²) in [6, 6.07) is 6.59. The van der Waals surface area contributed by atoms with E-state index in [1.807, 2.05) is 18.3 Å². The second-order valence-electron chi connectivity index (χ2n) is 4.62. The number of halogens is 1. The van der Waals surface area contributed by atoms with Gasteiger partial charge < -0.3 is 5.32 Å². The van der Waals surface area contributed by atoms with Crippen LogP contribution in [0.25, 0.3) is 5.69 Å². The van der Waals surface area contributed by atoms with Gasteiger partial charge in [-0.25, -0.2) is 4.68 Å². The summed E-state index contributed by atoms with van der Waals surface area (Å²) in [5, 5.41) is 11.6. The predicted molar refractivity (Wildman–Crippen MR) is 75.8 cm³/mol. The van der Waals surface area contributed by atoms with Gasteiger partial charge in [0.2, 0.25) is 0 Å². The molecule has 0 aliphatic heterocycles. The van der Waals surface area contributed by atoms with Crippen molar-refractivity contribution in [2.24, 2.45) is 0 Å². The topological polar surface area (TPSA) is 42.7 Å².